The predicted molar refractivity (Wildman–Crippen MR) is 86.5 cm³/mol. The van der Waals surface area contributed by atoms with Crippen molar-refractivity contribution in [2.24, 2.45) is 4.99 Å². The van der Waals surface area contributed by atoms with Crippen LogP contribution >= 0.6 is 0 Å². The molecule has 0 spiro atoms. The van der Waals surface area contributed by atoms with E-state index in [0.717, 1.165) is 11.3 Å². The van der Waals surface area contributed by atoms with Crippen molar-refractivity contribution in [3.05, 3.63) is 66.0 Å². The molecule has 0 amide bonds. The fraction of sp³-hybridized carbons (Fsp3) is 0.235. The number of benzene rings is 2. The second kappa shape index (κ2) is 8.67. The van der Waals surface area contributed by atoms with Gasteiger partial charge >= 0.3 is 0 Å². The van der Waals surface area contributed by atoms with E-state index in [1.165, 1.54) is 12.1 Å². The van der Waals surface area contributed by atoms with E-state index in [0.29, 0.717) is 25.7 Å². The van der Waals surface area contributed by atoms with Crippen molar-refractivity contribution in [1.82, 2.24) is 10.6 Å². The molecule has 0 saturated heterocycles. The summed E-state index contributed by atoms with van der Waals surface area (Å²) in [7, 11) is 1.69. The third kappa shape index (κ3) is 5.44. The Labute approximate surface area is 130 Å². The van der Waals surface area contributed by atoms with E-state index < -0.39 is 0 Å². The summed E-state index contributed by atoms with van der Waals surface area (Å²) in [5.74, 6) is 1.26. The Morgan fingerprint density at radius 2 is 1.91 bits per heavy atom. The molecule has 116 valence electrons. The summed E-state index contributed by atoms with van der Waals surface area (Å²) in [4.78, 5) is 4.12. The number of nitrogens with zero attached hydrogens (tertiary/aromatic N) is 1. The molecule has 2 aromatic carbocycles. The summed E-state index contributed by atoms with van der Waals surface area (Å²) in [6, 6.07) is 16.1. The van der Waals surface area contributed by atoms with Crippen molar-refractivity contribution in [2.45, 2.75) is 6.54 Å². The van der Waals surface area contributed by atoms with Crippen LogP contribution in [-0.2, 0) is 6.54 Å². The number of guanidine groups is 1. The van der Waals surface area contributed by atoms with Crippen molar-refractivity contribution in [3.63, 3.8) is 0 Å². The zero-order chi connectivity index (χ0) is 15.6. The first-order valence-electron chi connectivity index (χ1n) is 7.15. The van der Waals surface area contributed by atoms with Crippen LogP contribution in [0, 0.1) is 5.82 Å². The van der Waals surface area contributed by atoms with E-state index in [1.807, 2.05) is 36.4 Å². The maximum absolute atomic E-state index is 13.1. The second-order valence-electron chi connectivity index (χ2n) is 4.64. The molecule has 4 nitrogen and oxygen atoms in total. The molecule has 0 bridgehead atoms. The third-order valence-corrected chi connectivity index (χ3v) is 2.98. The average Bonchev–Trinajstić information content (AvgIpc) is 2.55. The van der Waals surface area contributed by atoms with Gasteiger partial charge in [0.1, 0.15) is 18.2 Å². The minimum atomic E-state index is -0.237. The molecule has 0 aliphatic rings. The highest BCUT2D eigenvalue weighted by Gasteiger charge is 1.99. The number of aliphatic imine (C=N–C) groups is 1. The molecular weight excluding hydrogens is 281 g/mol. The van der Waals surface area contributed by atoms with E-state index in [9.17, 15) is 4.39 Å². The number of halogens is 1. The number of nitrogens with one attached hydrogen (secondary N) is 2. The lowest BCUT2D eigenvalue weighted by molar-refractivity contribution is 0.322. The lowest BCUT2D eigenvalue weighted by atomic mass is 10.2. The Bertz CT molecular complexity index is 602. The van der Waals surface area contributed by atoms with Crippen molar-refractivity contribution in [2.75, 3.05) is 20.2 Å². The molecule has 0 aliphatic carbocycles. The van der Waals surface area contributed by atoms with Crippen molar-refractivity contribution < 1.29 is 9.13 Å². The number of hydrogen-bond acceptors (Lipinski definition) is 2. The third-order valence-electron chi connectivity index (χ3n) is 2.98. The van der Waals surface area contributed by atoms with Gasteiger partial charge in [0.05, 0.1) is 6.54 Å². The largest absolute Gasteiger partial charge is 0.492 e. The Morgan fingerprint density at radius 1 is 1.09 bits per heavy atom. The van der Waals surface area contributed by atoms with Gasteiger partial charge in [0.2, 0.25) is 0 Å². The number of ether oxygens (including phenoxy) is 1. The van der Waals surface area contributed by atoms with Gasteiger partial charge in [-0.05, 0) is 29.8 Å². The lowest BCUT2D eigenvalue weighted by Crippen LogP contribution is -2.38. The van der Waals surface area contributed by atoms with E-state index in [2.05, 4.69) is 15.6 Å². The van der Waals surface area contributed by atoms with Gasteiger partial charge in [-0.15, -0.1) is 0 Å². The maximum Gasteiger partial charge on any atom is 0.191 e. The highest BCUT2D eigenvalue weighted by atomic mass is 19.1. The van der Waals surface area contributed by atoms with Gasteiger partial charge in [-0.2, -0.15) is 0 Å². The normalized spacial score (nSPS) is 11.1. The Kier molecular flexibility index (Phi) is 6.23. The Morgan fingerprint density at radius 3 is 2.64 bits per heavy atom. The molecule has 0 radical (unpaired) electrons. The van der Waals surface area contributed by atoms with Crippen molar-refractivity contribution >= 4 is 5.96 Å². The monoisotopic (exact) mass is 301 g/mol. The van der Waals surface area contributed by atoms with Crippen LogP contribution in [0.3, 0.4) is 0 Å². The van der Waals surface area contributed by atoms with Crippen LogP contribution in [0.4, 0.5) is 4.39 Å². The first-order chi connectivity index (χ1) is 10.8. The molecule has 0 unspecified atom stereocenters. The maximum atomic E-state index is 13.1. The summed E-state index contributed by atoms with van der Waals surface area (Å²) >= 11 is 0. The fourth-order valence-electron chi connectivity index (χ4n) is 1.91. The summed E-state index contributed by atoms with van der Waals surface area (Å²) in [5.41, 5.74) is 0.864. The van der Waals surface area contributed by atoms with Crippen LogP contribution in [0.2, 0.25) is 0 Å². The molecule has 0 aromatic heterocycles. The number of rotatable bonds is 6. The standard InChI is InChI=1S/C17H20FN3O/c1-19-17(21-13-14-6-5-7-15(18)12-14)20-10-11-22-16-8-3-2-4-9-16/h2-9,12H,10-11,13H2,1H3,(H2,19,20,21). The van der Waals surface area contributed by atoms with E-state index in [1.54, 1.807) is 13.1 Å². The first-order valence-corrected chi connectivity index (χ1v) is 7.15. The molecule has 0 saturated carbocycles. The minimum Gasteiger partial charge on any atom is -0.492 e. The van der Waals surface area contributed by atoms with Gasteiger partial charge in [0, 0.05) is 13.6 Å². The highest BCUT2D eigenvalue weighted by molar-refractivity contribution is 5.79. The number of para-hydroxylation sites is 1. The van der Waals surface area contributed by atoms with Crippen molar-refractivity contribution in [3.8, 4) is 5.75 Å². The molecule has 0 fully saturated rings. The Balaban J connectivity index is 1.69. The van der Waals surface area contributed by atoms with Crippen LogP contribution in [0.25, 0.3) is 0 Å². The molecular formula is C17H20FN3O. The molecule has 2 rings (SSSR count). The molecule has 22 heavy (non-hydrogen) atoms. The zero-order valence-corrected chi connectivity index (χ0v) is 12.6. The first kappa shape index (κ1) is 15.8. The topological polar surface area (TPSA) is 45.7 Å². The summed E-state index contributed by atoms with van der Waals surface area (Å²) in [6.45, 7) is 1.67. The Hall–Kier alpha value is -2.56. The quantitative estimate of drug-likeness (QED) is 0.490. The van der Waals surface area contributed by atoms with Crippen LogP contribution in [0.5, 0.6) is 5.75 Å². The summed E-state index contributed by atoms with van der Waals surface area (Å²) in [6.07, 6.45) is 0. The lowest BCUT2D eigenvalue weighted by Gasteiger charge is -2.12. The number of hydrogen-bond donors (Lipinski definition) is 2. The summed E-state index contributed by atoms with van der Waals surface area (Å²) < 4.78 is 18.7. The van der Waals surface area contributed by atoms with Crippen LogP contribution in [-0.4, -0.2) is 26.2 Å². The van der Waals surface area contributed by atoms with Gasteiger partial charge in [0.15, 0.2) is 5.96 Å². The fourth-order valence-corrected chi connectivity index (χ4v) is 1.91. The van der Waals surface area contributed by atoms with Gasteiger partial charge in [-0.3, -0.25) is 4.99 Å². The van der Waals surface area contributed by atoms with Gasteiger partial charge in [0.25, 0.3) is 0 Å². The van der Waals surface area contributed by atoms with Gasteiger partial charge in [-0.1, -0.05) is 30.3 Å². The van der Waals surface area contributed by atoms with E-state index in [4.69, 9.17) is 4.74 Å². The molecule has 2 aromatic rings. The smallest absolute Gasteiger partial charge is 0.191 e. The van der Waals surface area contributed by atoms with Gasteiger partial charge < -0.3 is 15.4 Å². The predicted octanol–water partition coefficient (Wildman–Crippen LogP) is 2.57. The van der Waals surface area contributed by atoms with Crippen LogP contribution < -0.4 is 15.4 Å². The average molecular weight is 301 g/mol. The van der Waals surface area contributed by atoms with Crippen LogP contribution in [0.1, 0.15) is 5.56 Å². The SMILES string of the molecule is CN=C(NCCOc1ccccc1)NCc1cccc(F)c1. The van der Waals surface area contributed by atoms with Crippen LogP contribution in [0.15, 0.2) is 59.6 Å². The molecule has 5 heteroatoms. The second-order valence-corrected chi connectivity index (χ2v) is 4.64. The molecule has 0 heterocycles. The van der Waals surface area contributed by atoms with E-state index in [-0.39, 0.29) is 5.82 Å². The zero-order valence-electron chi connectivity index (χ0n) is 12.6. The minimum absolute atomic E-state index is 0.237. The molecule has 2 N–H and O–H groups in total. The highest BCUT2D eigenvalue weighted by Crippen LogP contribution is 2.07. The van der Waals surface area contributed by atoms with E-state index >= 15 is 0 Å². The van der Waals surface area contributed by atoms with Crippen molar-refractivity contribution in [1.29, 1.82) is 0 Å². The molecule has 0 atom stereocenters. The van der Waals surface area contributed by atoms with Gasteiger partial charge in [-0.25, -0.2) is 4.39 Å². The summed E-state index contributed by atoms with van der Waals surface area (Å²) in [5, 5.41) is 6.27. The molecule has 0 aliphatic heterocycles.